The molecule has 0 aliphatic carbocycles. The van der Waals surface area contributed by atoms with Crippen LogP contribution in [0.4, 0.5) is 0 Å². The molecule has 0 saturated heterocycles. The van der Waals surface area contributed by atoms with E-state index in [4.69, 9.17) is 11.6 Å². The fourth-order valence-electron chi connectivity index (χ4n) is 2.07. The number of halogens is 1. The molecule has 0 atom stereocenters. The molecular weight excluding hydrogens is 316 g/mol. The van der Waals surface area contributed by atoms with E-state index in [1.165, 1.54) is 10.4 Å². The van der Waals surface area contributed by atoms with Gasteiger partial charge in [-0.15, -0.1) is 11.3 Å². The van der Waals surface area contributed by atoms with E-state index in [1.807, 2.05) is 37.5 Å². The Bertz CT molecular complexity index is 621. The normalized spacial score (nSPS) is 11.5. The summed E-state index contributed by atoms with van der Waals surface area (Å²) in [4.78, 5) is 12.1. The van der Waals surface area contributed by atoms with Crippen molar-refractivity contribution in [2.45, 2.75) is 26.4 Å². The first kappa shape index (κ1) is 16.8. The highest BCUT2D eigenvalue weighted by atomic mass is 35.5. The third kappa shape index (κ3) is 4.71. The summed E-state index contributed by atoms with van der Waals surface area (Å²) in [7, 11) is 3.81. The Morgan fingerprint density at radius 2 is 2.09 bits per heavy atom. The van der Waals surface area contributed by atoms with Crippen molar-refractivity contribution in [1.82, 2.24) is 15.2 Å². The van der Waals surface area contributed by atoms with Crippen LogP contribution < -0.4 is 5.32 Å². The van der Waals surface area contributed by atoms with Crippen molar-refractivity contribution in [1.29, 1.82) is 0 Å². The first-order valence-electron chi connectivity index (χ1n) is 7.22. The molecule has 0 aliphatic rings. The molecule has 0 radical (unpaired) electrons. The van der Waals surface area contributed by atoms with E-state index in [1.54, 1.807) is 18.4 Å². The average molecular weight is 337 g/mol. The molecular formula is C16H21ClN4S. The number of guanidine groups is 1. The molecule has 0 spiro atoms. The summed E-state index contributed by atoms with van der Waals surface area (Å²) in [5, 5.41) is 5.19. The Balaban J connectivity index is 1.91. The molecule has 1 aromatic carbocycles. The number of hydrogen-bond donors (Lipinski definition) is 1. The summed E-state index contributed by atoms with van der Waals surface area (Å²) < 4.78 is 0. The Morgan fingerprint density at radius 3 is 2.68 bits per heavy atom. The summed E-state index contributed by atoms with van der Waals surface area (Å²) >= 11 is 7.65. The Kier molecular flexibility index (Phi) is 6.21. The SMILES string of the molecule is CCc1cnc(CNC(=NC)N(C)Cc2ccc(Cl)cc2)s1. The smallest absolute Gasteiger partial charge is 0.194 e. The van der Waals surface area contributed by atoms with Crippen molar-refractivity contribution < 1.29 is 0 Å². The summed E-state index contributed by atoms with van der Waals surface area (Å²) in [5.41, 5.74) is 1.19. The van der Waals surface area contributed by atoms with Gasteiger partial charge in [-0.2, -0.15) is 0 Å². The number of rotatable bonds is 5. The molecule has 0 saturated carbocycles. The number of nitrogens with zero attached hydrogens (tertiary/aromatic N) is 3. The van der Waals surface area contributed by atoms with Crippen LogP contribution in [0.25, 0.3) is 0 Å². The minimum absolute atomic E-state index is 0.697. The average Bonchev–Trinajstić information content (AvgIpc) is 2.98. The van der Waals surface area contributed by atoms with Crippen LogP contribution in [-0.2, 0) is 19.5 Å². The second-order valence-electron chi connectivity index (χ2n) is 4.96. The predicted molar refractivity (Wildman–Crippen MR) is 94.6 cm³/mol. The van der Waals surface area contributed by atoms with Crippen LogP contribution in [0.1, 0.15) is 22.4 Å². The Morgan fingerprint density at radius 1 is 1.36 bits per heavy atom. The number of aliphatic imine (C=N–C) groups is 1. The van der Waals surface area contributed by atoms with Crippen molar-refractivity contribution in [3.63, 3.8) is 0 Å². The molecule has 0 aliphatic heterocycles. The summed E-state index contributed by atoms with van der Waals surface area (Å²) in [6.45, 7) is 3.61. The highest BCUT2D eigenvalue weighted by Crippen LogP contribution is 2.13. The van der Waals surface area contributed by atoms with Gasteiger partial charge in [0.05, 0.1) is 6.54 Å². The molecule has 2 aromatic rings. The van der Waals surface area contributed by atoms with E-state index in [9.17, 15) is 0 Å². The van der Waals surface area contributed by atoms with Gasteiger partial charge in [-0.05, 0) is 24.1 Å². The van der Waals surface area contributed by atoms with Gasteiger partial charge >= 0.3 is 0 Å². The standard InChI is InChI=1S/C16H21ClN4S/c1-4-14-9-19-15(22-14)10-20-16(18-2)21(3)11-12-5-7-13(17)8-6-12/h5-9H,4,10-11H2,1-3H3,(H,18,20). The first-order chi connectivity index (χ1) is 10.6. The second-order valence-corrected chi connectivity index (χ2v) is 6.59. The Hall–Kier alpha value is -1.59. The van der Waals surface area contributed by atoms with Crippen LogP contribution in [0, 0.1) is 0 Å². The fourth-order valence-corrected chi connectivity index (χ4v) is 3.00. The third-order valence-electron chi connectivity index (χ3n) is 3.25. The Labute approximate surface area is 140 Å². The van der Waals surface area contributed by atoms with Gasteiger partial charge in [-0.25, -0.2) is 4.98 Å². The topological polar surface area (TPSA) is 40.5 Å². The summed E-state index contributed by atoms with van der Waals surface area (Å²) in [5.74, 6) is 0.850. The maximum Gasteiger partial charge on any atom is 0.194 e. The lowest BCUT2D eigenvalue weighted by atomic mass is 10.2. The van der Waals surface area contributed by atoms with Crippen LogP contribution in [0.15, 0.2) is 35.5 Å². The lowest BCUT2D eigenvalue weighted by Crippen LogP contribution is -2.38. The maximum absolute atomic E-state index is 5.91. The van der Waals surface area contributed by atoms with Crippen molar-refractivity contribution in [3.05, 3.63) is 50.9 Å². The van der Waals surface area contributed by atoms with Gasteiger partial charge in [0.2, 0.25) is 0 Å². The van der Waals surface area contributed by atoms with Crippen LogP contribution in [0.2, 0.25) is 5.02 Å². The van der Waals surface area contributed by atoms with E-state index in [-0.39, 0.29) is 0 Å². The summed E-state index contributed by atoms with van der Waals surface area (Å²) in [6.07, 6.45) is 2.98. The molecule has 1 heterocycles. The number of aryl methyl sites for hydroxylation is 1. The van der Waals surface area contributed by atoms with Crippen molar-refractivity contribution in [2.24, 2.45) is 4.99 Å². The van der Waals surface area contributed by atoms with Gasteiger partial charge in [0.25, 0.3) is 0 Å². The van der Waals surface area contributed by atoms with E-state index in [0.29, 0.717) is 6.54 Å². The van der Waals surface area contributed by atoms with Crippen LogP contribution in [-0.4, -0.2) is 29.9 Å². The number of benzene rings is 1. The lowest BCUT2D eigenvalue weighted by Gasteiger charge is -2.21. The van der Waals surface area contributed by atoms with Gasteiger partial charge in [0, 0.05) is 36.7 Å². The van der Waals surface area contributed by atoms with Gasteiger partial charge in [0.1, 0.15) is 5.01 Å². The van der Waals surface area contributed by atoms with Crippen LogP contribution in [0.5, 0.6) is 0 Å². The third-order valence-corrected chi connectivity index (χ3v) is 4.65. The molecule has 0 bridgehead atoms. The summed E-state index contributed by atoms with van der Waals surface area (Å²) in [6, 6.07) is 7.87. The zero-order chi connectivity index (χ0) is 15.9. The first-order valence-corrected chi connectivity index (χ1v) is 8.41. The van der Waals surface area contributed by atoms with Gasteiger partial charge in [-0.1, -0.05) is 30.7 Å². The van der Waals surface area contributed by atoms with Crippen molar-refractivity contribution in [2.75, 3.05) is 14.1 Å². The van der Waals surface area contributed by atoms with E-state index in [2.05, 4.69) is 27.1 Å². The van der Waals surface area contributed by atoms with E-state index >= 15 is 0 Å². The van der Waals surface area contributed by atoms with Gasteiger partial charge in [-0.3, -0.25) is 4.99 Å². The molecule has 118 valence electrons. The second kappa shape index (κ2) is 8.15. The molecule has 2 rings (SSSR count). The quantitative estimate of drug-likeness (QED) is 0.670. The molecule has 0 unspecified atom stereocenters. The maximum atomic E-state index is 5.91. The number of nitrogens with one attached hydrogen (secondary N) is 1. The minimum Gasteiger partial charge on any atom is -0.350 e. The molecule has 0 fully saturated rings. The monoisotopic (exact) mass is 336 g/mol. The number of aromatic nitrogens is 1. The highest BCUT2D eigenvalue weighted by Gasteiger charge is 2.08. The van der Waals surface area contributed by atoms with Crippen molar-refractivity contribution >= 4 is 28.9 Å². The fraction of sp³-hybridized carbons (Fsp3) is 0.375. The van der Waals surface area contributed by atoms with E-state index < -0.39 is 0 Å². The zero-order valence-electron chi connectivity index (χ0n) is 13.1. The molecule has 4 nitrogen and oxygen atoms in total. The molecule has 6 heteroatoms. The van der Waals surface area contributed by atoms with Gasteiger partial charge in [0.15, 0.2) is 5.96 Å². The lowest BCUT2D eigenvalue weighted by molar-refractivity contribution is 0.476. The molecule has 22 heavy (non-hydrogen) atoms. The molecule has 0 amide bonds. The molecule has 1 aromatic heterocycles. The number of hydrogen-bond acceptors (Lipinski definition) is 3. The number of thiazole rings is 1. The molecule has 1 N–H and O–H groups in total. The predicted octanol–water partition coefficient (Wildman–Crippen LogP) is 3.57. The van der Waals surface area contributed by atoms with Gasteiger partial charge < -0.3 is 10.2 Å². The zero-order valence-corrected chi connectivity index (χ0v) is 14.7. The van der Waals surface area contributed by atoms with Crippen molar-refractivity contribution in [3.8, 4) is 0 Å². The van der Waals surface area contributed by atoms with Crippen LogP contribution >= 0.6 is 22.9 Å². The minimum atomic E-state index is 0.697. The van der Waals surface area contributed by atoms with Crippen LogP contribution in [0.3, 0.4) is 0 Å². The largest absolute Gasteiger partial charge is 0.350 e. The van der Waals surface area contributed by atoms with E-state index in [0.717, 1.165) is 29.0 Å². The highest BCUT2D eigenvalue weighted by molar-refractivity contribution is 7.11.